The molecule has 0 saturated heterocycles. The highest BCUT2D eigenvalue weighted by atomic mass is 16.2. The van der Waals surface area contributed by atoms with E-state index < -0.39 is 0 Å². The molecule has 20 heavy (non-hydrogen) atoms. The van der Waals surface area contributed by atoms with Gasteiger partial charge in [0.2, 0.25) is 0 Å². The largest absolute Gasteiger partial charge is 0.345 e. The molecule has 0 fully saturated rings. The number of benzene rings is 1. The molecule has 0 unspecified atom stereocenters. The number of aromatic nitrogens is 1. The van der Waals surface area contributed by atoms with Gasteiger partial charge >= 0.3 is 0 Å². The van der Waals surface area contributed by atoms with Gasteiger partial charge in [-0.15, -0.1) is 0 Å². The predicted octanol–water partition coefficient (Wildman–Crippen LogP) is 0.784. The van der Waals surface area contributed by atoms with Crippen molar-refractivity contribution in [2.24, 2.45) is 0 Å². The van der Waals surface area contributed by atoms with Crippen molar-refractivity contribution in [2.45, 2.75) is 13.1 Å². The molecule has 2 aromatic rings. The Morgan fingerprint density at radius 2 is 2.10 bits per heavy atom. The van der Waals surface area contributed by atoms with Crippen molar-refractivity contribution in [3.63, 3.8) is 0 Å². The highest BCUT2D eigenvalue weighted by Crippen LogP contribution is 2.31. The van der Waals surface area contributed by atoms with E-state index in [9.17, 15) is 9.59 Å². The number of carbonyl (C=O) groups excluding carboxylic acids is 2. The van der Waals surface area contributed by atoms with Crippen molar-refractivity contribution in [1.29, 1.82) is 0 Å². The number of hydrogen-bond acceptors (Lipinski definition) is 3. The fraction of sp³-hybridized carbons (Fsp3) is 0.200. The van der Waals surface area contributed by atoms with Crippen molar-refractivity contribution in [3.8, 4) is 0 Å². The second kappa shape index (κ2) is 4.05. The number of nitrogens with one attached hydrogen (secondary N) is 2. The molecule has 2 amide bonds. The summed E-state index contributed by atoms with van der Waals surface area (Å²) in [5, 5.41) is 6.71. The summed E-state index contributed by atoms with van der Waals surface area (Å²) in [6.45, 7) is 2.57. The quantitative estimate of drug-likeness (QED) is 0.751. The van der Waals surface area contributed by atoms with Crippen LogP contribution in [0.3, 0.4) is 0 Å². The Kier molecular flexibility index (Phi) is 2.31. The second-order valence-corrected chi connectivity index (χ2v) is 5.10. The average molecular weight is 267 g/mol. The lowest BCUT2D eigenvalue weighted by molar-refractivity contribution is -0.123. The van der Waals surface area contributed by atoms with Crippen LogP contribution in [0, 0.1) is 0 Å². The van der Waals surface area contributed by atoms with Crippen LogP contribution in [0.2, 0.25) is 0 Å². The van der Waals surface area contributed by atoms with Crippen LogP contribution in [-0.4, -0.2) is 22.9 Å². The van der Waals surface area contributed by atoms with E-state index in [4.69, 9.17) is 0 Å². The third-order valence-corrected chi connectivity index (χ3v) is 3.87. The number of hydrogen-bond donors (Lipinski definition) is 2. The highest BCUT2D eigenvalue weighted by molar-refractivity contribution is 6.35. The summed E-state index contributed by atoms with van der Waals surface area (Å²) < 4.78 is 2.16. The standard InChI is InChI=1S/C15H13N3O2/c19-13-6-11(15(20)17-13)12-8-18-5-4-16-7-9-2-1-3-10(12)14(9)18/h1-3,6,8,16H,4-5,7H2,(H,17,19,20). The zero-order valence-electron chi connectivity index (χ0n) is 10.8. The van der Waals surface area contributed by atoms with Gasteiger partial charge in [0.15, 0.2) is 0 Å². The van der Waals surface area contributed by atoms with Crippen LogP contribution in [-0.2, 0) is 22.7 Å². The van der Waals surface area contributed by atoms with E-state index in [2.05, 4.69) is 21.3 Å². The first-order valence-electron chi connectivity index (χ1n) is 6.63. The van der Waals surface area contributed by atoms with Crippen LogP contribution in [0.15, 0.2) is 30.5 Å². The third kappa shape index (κ3) is 1.53. The van der Waals surface area contributed by atoms with Gasteiger partial charge in [-0.25, -0.2) is 0 Å². The van der Waals surface area contributed by atoms with E-state index in [1.54, 1.807) is 0 Å². The van der Waals surface area contributed by atoms with E-state index in [0.29, 0.717) is 5.57 Å². The van der Waals surface area contributed by atoms with Crippen molar-refractivity contribution in [1.82, 2.24) is 15.2 Å². The molecule has 0 atom stereocenters. The molecule has 5 heteroatoms. The minimum absolute atomic E-state index is 0.311. The van der Waals surface area contributed by atoms with Crippen LogP contribution in [0.25, 0.3) is 16.5 Å². The van der Waals surface area contributed by atoms with Crippen molar-refractivity contribution in [2.75, 3.05) is 6.54 Å². The first-order valence-corrected chi connectivity index (χ1v) is 6.63. The molecule has 2 aliphatic rings. The molecule has 0 radical (unpaired) electrons. The van der Waals surface area contributed by atoms with Gasteiger partial charge in [0.05, 0.1) is 11.1 Å². The Balaban J connectivity index is 2.01. The van der Waals surface area contributed by atoms with E-state index in [-0.39, 0.29) is 11.8 Å². The molecule has 0 spiro atoms. The SMILES string of the molecule is O=C1C=C(c2cn3c4c(cccc24)CNCC3)C(=O)N1. The summed E-state index contributed by atoms with van der Waals surface area (Å²) in [5.41, 5.74) is 3.67. The van der Waals surface area contributed by atoms with Gasteiger partial charge < -0.3 is 9.88 Å². The monoisotopic (exact) mass is 267 g/mol. The first-order chi connectivity index (χ1) is 9.74. The van der Waals surface area contributed by atoms with Gasteiger partial charge in [-0.3, -0.25) is 14.9 Å². The summed E-state index contributed by atoms with van der Waals surface area (Å²) in [6, 6.07) is 6.09. The molecule has 1 aromatic heterocycles. The number of nitrogens with zero attached hydrogens (tertiary/aromatic N) is 1. The summed E-state index contributed by atoms with van der Waals surface area (Å²) in [4.78, 5) is 23.2. The summed E-state index contributed by atoms with van der Waals surface area (Å²) in [6.07, 6.45) is 3.36. The highest BCUT2D eigenvalue weighted by Gasteiger charge is 2.26. The molecule has 5 nitrogen and oxygen atoms in total. The van der Waals surface area contributed by atoms with Crippen LogP contribution in [0.5, 0.6) is 0 Å². The minimum Gasteiger partial charge on any atom is -0.345 e. The molecule has 0 bridgehead atoms. The predicted molar refractivity (Wildman–Crippen MR) is 74.8 cm³/mol. The van der Waals surface area contributed by atoms with E-state index in [1.165, 1.54) is 11.6 Å². The lowest BCUT2D eigenvalue weighted by Crippen LogP contribution is -2.21. The van der Waals surface area contributed by atoms with Gasteiger partial charge in [-0.1, -0.05) is 18.2 Å². The molecule has 4 rings (SSSR count). The Labute approximate surface area is 115 Å². The number of carbonyl (C=O) groups is 2. The molecule has 2 N–H and O–H groups in total. The molecular formula is C15H13N3O2. The van der Waals surface area contributed by atoms with E-state index >= 15 is 0 Å². The Morgan fingerprint density at radius 1 is 1.20 bits per heavy atom. The Hall–Kier alpha value is -2.40. The van der Waals surface area contributed by atoms with Crippen LogP contribution in [0.1, 0.15) is 11.1 Å². The molecule has 100 valence electrons. The van der Waals surface area contributed by atoms with E-state index in [0.717, 1.165) is 36.1 Å². The van der Waals surface area contributed by atoms with Crippen molar-refractivity contribution in [3.05, 3.63) is 41.6 Å². The van der Waals surface area contributed by atoms with Crippen LogP contribution in [0.4, 0.5) is 0 Å². The normalized spacial score (nSPS) is 18.1. The third-order valence-electron chi connectivity index (χ3n) is 3.87. The smallest absolute Gasteiger partial charge is 0.258 e. The van der Waals surface area contributed by atoms with Crippen molar-refractivity contribution >= 4 is 28.3 Å². The van der Waals surface area contributed by atoms with E-state index in [1.807, 2.05) is 18.3 Å². The average Bonchev–Trinajstić information content (AvgIpc) is 2.87. The number of rotatable bonds is 1. The topological polar surface area (TPSA) is 63.1 Å². The fourth-order valence-electron chi connectivity index (χ4n) is 3.01. The minimum atomic E-state index is -0.337. The molecule has 0 saturated carbocycles. The zero-order chi connectivity index (χ0) is 13.7. The lowest BCUT2D eigenvalue weighted by Gasteiger charge is -2.03. The van der Waals surface area contributed by atoms with Crippen LogP contribution >= 0.6 is 0 Å². The fourth-order valence-corrected chi connectivity index (χ4v) is 3.01. The van der Waals surface area contributed by atoms with Gasteiger partial charge in [-0.2, -0.15) is 0 Å². The first kappa shape index (κ1) is 11.4. The van der Waals surface area contributed by atoms with Crippen molar-refractivity contribution < 1.29 is 9.59 Å². The maximum absolute atomic E-state index is 11.9. The number of imide groups is 1. The van der Waals surface area contributed by atoms with Gasteiger partial charge in [0.25, 0.3) is 11.8 Å². The maximum atomic E-state index is 11.9. The molecule has 0 aliphatic carbocycles. The Morgan fingerprint density at radius 3 is 2.90 bits per heavy atom. The number of amides is 2. The molecule has 1 aromatic carbocycles. The zero-order valence-corrected chi connectivity index (χ0v) is 10.8. The lowest BCUT2D eigenvalue weighted by atomic mass is 10.0. The summed E-state index contributed by atoms with van der Waals surface area (Å²) >= 11 is 0. The van der Waals surface area contributed by atoms with Gasteiger partial charge in [0, 0.05) is 42.9 Å². The molecule has 2 aliphatic heterocycles. The summed E-state index contributed by atoms with van der Waals surface area (Å²) in [5.74, 6) is -0.648. The molecule has 3 heterocycles. The second-order valence-electron chi connectivity index (χ2n) is 5.10. The van der Waals surface area contributed by atoms with Crippen LogP contribution < -0.4 is 10.6 Å². The maximum Gasteiger partial charge on any atom is 0.258 e. The number of para-hydroxylation sites is 1. The summed E-state index contributed by atoms with van der Waals surface area (Å²) in [7, 11) is 0. The van der Waals surface area contributed by atoms with Gasteiger partial charge in [0.1, 0.15) is 0 Å². The van der Waals surface area contributed by atoms with Gasteiger partial charge in [-0.05, 0) is 5.56 Å². The Bertz CT molecular complexity index is 786. The molecular weight excluding hydrogens is 254 g/mol.